The maximum Gasteiger partial charge on any atom is 0.282 e. The van der Waals surface area contributed by atoms with E-state index < -0.39 is 4.92 Å². The van der Waals surface area contributed by atoms with Gasteiger partial charge in [0.15, 0.2) is 0 Å². The maximum atomic E-state index is 12.6. The van der Waals surface area contributed by atoms with Gasteiger partial charge in [0.05, 0.1) is 4.92 Å². The molecule has 1 atom stereocenters. The molecule has 0 saturated carbocycles. The Morgan fingerprint density at radius 1 is 1.45 bits per heavy atom. The summed E-state index contributed by atoms with van der Waals surface area (Å²) in [4.78, 5) is 24.9. The Morgan fingerprint density at radius 3 is 2.80 bits per heavy atom. The summed E-state index contributed by atoms with van der Waals surface area (Å²) in [7, 11) is 1.72. The first-order valence-electron chi connectivity index (χ1n) is 6.81. The third-order valence-electron chi connectivity index (χ3n) is 3.78. The van der Waals surface area contributed by atoms with E-state index in [9.17, 15) is 14.9 Å². The maximum absolute atomic E-state index is 12.6. The standard InChI is InChI=1S/C14H19N3O3/c1-10-5-3-4-8-16(10)14(18)12-9-11(15-2)6-7-13(12)17(19)20/h6-7,9-10,15H,3-5,8H2,1-2H3. The molecule has 0 aromatic heterocycles. The predicted octanol–water partition coefficient (Wildman–Crippen LogP) is 2.65. The number of likely N-dealkylation sites (tertiary alicyclic amines) is 1. The Morgan fingerprint density at radius 2 is 2.20 bits per heavy atom. The third-order valence-corrected chi connectivity index (χ3v) is 3.78. The molecule has 1 amide bonds. The lowest BCUT2D eigenvalue weighted by atomic mass is 10.0. The largest absolute Gasteiger partial charge is 0.388 e. The van der Waals surface area contributed by atoms with Gasteiger partial charge in [0.2, 0.25) is 0 Å². The minimum absolute atomic E-state index is 0.133. The number of rotatable bonds is 3. The van der Waals surface area contributed by atoms with E-state index in [0.717, 1.165) is 19.3 Å². The van der Waals surface area contributed by atoms with E-state index in [4.69, 9.17) is 0 Å². The van der Waals surface area contributed by atoms with Crippen LogP contribution in [0.2, 0.25) is 0 Å². The fourth-order valence-corrected chi connectivity index (χ4v) is 2.58. The van der Waals surface area contributed by atoms with Crippen LogP contribution in [0.15, 0.2) is 18.2 Å². The molecule has 6 nitrogen and oxygen atoms in total. The zero-order valence-electron chi connectivity index (χ0n) is 11.8. The van der Waals surface area contributed by atoms with Gasteiger partial charge < -0.3 is 10.2 Å². The second-order valence-electron chi connectivity index (χ2n) is 5.08. The topological polar surface area (TPSA) is 75.5 Å². The molecule has 1 saturated heterocycles. The van der Waals surface area contributed by atoms with Crippen molar-refractivity contribution in [1.29, 1.82) is 0 Å². The zero-order chi connectivity index (χ0) is 14.7. The van der Waals surface area contributed by atoms with E-state index in [-0.39, 0.29) is 23.2 Å². The van der Waals surface area contributed by atoms with E-state index in [1.54, 1.807) is 24.1 Å². The van der Waals surface area contributed by atoms with Gasteiger partial charge in [-0.15, -0.1) is 0 Å². The Bertz CT molecular complexity index is 530. The molecule has 1 heterocycles. The van der Waals surface area contributed by atoms with Crippen molar-refractivity contribution in [2.24, 2.45) is 0 Å². The molecule has 1 aromatic rings. The molecule has 1 aromatic carbocycles. The van der Waals surface area contributed by atoms with E-state index in [1.807, 2.05) is 6.92 Å². The minimum atomic E-state index is -0.499. The SMILES string of the molecule is CNc1ccc([N+](=O)[O-])c(C(=O)N2CCCCC2C)c1. The van der Waals surface area contributed by atoms with Crippen molar-refractivity contribution in [3.63, 3.8) is 0 Å². The summed E-state index contributed by atoms with van der Waals surface area (Å²) in [6.07, 6.45) is 3.00. The molecular formula is C14H19N3O3. The first-order chi connectivity index (χ1) is 9.54. The summed E-state index contributed by atoms with van der Waals surface area (Å²) < 4.78 is 0. The molecule has 1 N–H and O–H groups in total. The first kappa shape index (κ1) is 14.3. The summed E-state index contributed by atoms with van der Waals surface area (Å²) >= 11 is 0. The molecule has 1 aliphatic rings. The average Bonchev–Trinajstić information content (AvgIpc) is 2.46. The van der Waals surface area contributed by atoms with Crippen molar-refractivity contribution >= 4 is 17.3 Å². The van der Waals surface area contributed by atoms with Crippen molar-refractivity contribution in [2.45, 2.75) is 32.2 Å². The highest BCUT2D eigenvalue weighted by atomic mass is 16.6. The fraction of sp³-hybridized carbons (Fsp3) is 0.500. The van der Waals surface area contributed by atoms with Crippen LogP contribution in [-0.4, -0.2) is 35.4 Å². The van der Waals surface area contributed by atoms with Crippen LogP contribution in [0.1, 0.15) is 36.5 Å². The highest BCUT2D eigenvalue weighted by Crippen LogP contribution is 2.27. The number of anilines is 1. The Labute approximate surface area is 117 Å². The van der Waals surface area contributed by atoms with Gasteiger partial charge in [-0.3, -0.25) is 14.9 Å². The van der Waals surface area contributed by atoms with Crippen LogP contribution in [0.3, 0.4) is 0 Å². The van der Waals surface area contributed by atoms with Gasteiger partial charge in [-0.05, 0) is 38.3 Å². The lowest BCUT2D eigenvalue weighted by molar-refractivity contribution is -0.385. The number of carbonyl (C=O) groups excluding carboxylic acids is 1. The van der Waals surface area contributed by atoms with Gasteiger partial charge in [0, 0.05) is 31.4 Å². The van der Waals surface area contributed by atoms with Gasteiger partial charge >= 0.3 is 0 Å². The zero-order valence-corrected chi connectivity index (χ0v) is 11.8. The minimum Gasteiger partial charge on any atom is -0.388 e. The monoisotopic (exact) mass is 277 g/mol. The summed E-state index contributed by atoms with van der Waals surface area (Å²) in [6, 6.07) is 4.68. The molecule has 1 aliphatic heterocycles. The molecule has 6 heteroatoms. The number of nitrogens with one attached hydrogen (secondary N) is 1. The third kappa shape index (κ3) is 2.74. The van der Waals surface area contributed by atoms with Crippen molar-refractivity contribution in [3.8, 4) is 0 Å². The smallest absolute Gasteiger partial charge is 0.282 e. The van der Waals surface area contributed by atoms with Gasteiger partial charge in [-0.25, -0.2) is 0 Å². The Balaban J connectivity index is 2.38. The first-order valence-corrected chi connectivity index (χ1v) is 6.81. The highest BCUT2D eigenvalue weighted by molar-refractivity contribution is 5.99. The van der Waals surface area contributed by atoms with Crippen LogP contribution >= 0.6 is 0 Å². The molecule has 0 radical (unpaired) electrons. The molecule has 0 aliphatic carbocycles. The summed E-state index contributed by atoms with van der Waals surface area (Å²) in [5, 5.41) is 14.0. The molecule has 20 heavy (non-hydrogen) atoms. The second kappa shape index (κ2) is 5.90. The predicted molar refractivity (Wildman–Crippen MR) is 77.0 cm³/mol. The lowest BCUT2D eigenvalue weighted by Crippen LogP contribution is -2.42. The molecule has 1 unspecified atom stereocenters. The number of benzene rings is 1. The number of nitrogens with zero attached hydrogens (tertiary/aromatic N) is 2. The average molecular weight is 277 g/mol. The van der Waals surface area contributed by atoms with Crippen LogP contribution in [0, 0.1) is 10.1 Å². The number of nitro benzene ring substituents is 1. The molecule has 0 spiro atoms. The van der Waals surface area contributed by atoms with Crippen LogP contribution in [0.25, 0.3) is 0 Å². The number of nitro groups is 1. The summed E-state index contributed by atoms with van der Waals surface area (Å²) in [6.45, 7) is 2.66. The van der Waals surface area contributed by atoms with Crippen LogP contribution in [0.4, 0.5) is 11.4 Å². The molecule has 108 valence electrons. The second-order valence-corrected chi connectivity index (χ2v) is 5.08. The van der Waals surface area contributed by atoms with Gasteiger partial charge in [0.1, 0.15) is 5.56 Å². The lowest BCUT2D eigenvalue weighted by Gasteiger charge is -2.33. The number of amides is 1. The quantitative estimate of drug-likeness (QED) is 0.680. The Kier molecular flexibility index (Phi) is 4.22. The van der Waals surface area contributed by atoms with E-state index in [0.29, 0.717) is 12.2 Å². The molecule has 2 rings (SSSR count). The molecule has 0 bridgehead atoms. The van der Waals surface area contributed by atoms with Crippen LogP contribution in [0.5, 0.6) is 0 Å². The van der Waals surface area contributed by atoms with Crippen molar-refractivity contribution in [2.75, 3.05) is 18.9 Å². The van der Waals surface area contributed by atoms with Crippen molar-refractivity contribution in [1.82, 2.24) is 4.90 Å². The number of hydrogen-bond acceptors (Lipinski definition) is 4. The number of carbonyl (C=O) groups is 1. The van der Waals surface area contributed by atoms with Crippen molar-refractivity contribution in [3.05, 3.63) is 33.9 Å². The van der Waals surface area contributed by atoms with E-state index >= 15 is 0 Å². The van der Waals surface area contributed by atoms with Crippen LogP contribution < -0.4 is 5.32 Å². The highest BCUT2D eigenvalue weighted by Gasteiger charge is 2.29. The summed E-state index contributed by atoms with van der Waals surface area (Å²) in [5.41, 5.74) is 0.728. The van der Waals surface area contributed by atoms with Gasteiger partial charge in [-0.2, -0.15) is 0 Å². The normalized spacial score (nSPS) is 18.7. The molecule has 1 fully saturated rings. The van der Waals surface area contributed by atoms with E-state index in [1.165, 1.54) is 6.07 Å². The molecular weight excluding hydrogens is 258 g/mol. The van der Waals surface area contributed by atoms with Crippen molar-refractivity contribution < 1.29 is 9.72 Å². The Hall–Kier alpha value is -2.11. The summed E-state index contributed by atoms with van der Waals surface area (Å²) in [5.74, 6) is -0.249. The van der Waals surface area contributed by atoms with Gasteiger partial charge in [0.25, 0.3) is 11.6 Å². The fourth-order valence-electron chi connectivity index (χ4n) is 2.58. The number of piperidine rings is 1. The van der Waals surface area contributed by atoms with E-state index in [2.05, 4.69) is 5.32 Å². The number of hydrogen-bond donors (Lipinski definition) is 1. The van der Waals surface area contributed by atoms with Gasteiger partial charge in [-0.1, -0.05) is 0 Å². The van der Waals surface area contributed by atoms with Crippen LogP contribution in [-0.2, 0) is 0 Å².